The molecule has 0 spiro atoms. The second-order valence-corrected chi connectivity index (χ2v) is 7.09. The second-order valence-electron chi connectivity index (χ2n) is 6.00. The number of fused-ring (bicyclic) bond motifs is 1. The van der Waals surface area contributed by atoms with Crippen LogP contribution in [0.3, 0.4) is 0 Å². The molecule has 0 bridgehead atoms. The van der Waals surface area contributed by atoms with Gasteiger partial charge in [0.05, 0.1) is 19.0 Å². The first-order valence-electron chi connectivity index (χ1n) is 8.25. The maximum Gasteiger partial charge on any atom is 0.613 e. The summed E-state index contributed by atoms with van der Waals surface area (Å²) >= 11 is 0. The van der Waals surface area contributed by atoms with Crippen LogP contribution in [0.4, 0.5) is 11.8 Å². The number of aldehydes is 1. The molecule has 12 nitrogen and oxygen atoms in total. The van der Waals surface area contributed by atoms with Gasteiger partial charge in [-0.25, -0.2) is 4.98 Å². The van der Waals surface area contributed by atoms with E-state index in [2.05, 4.69) is 25.4 Å². The molecular weight excluding hydrogens is 377 g/mol. The Hall–Kier alpha value is -2.24. The van der Waals surface area contributed by atoms with E-state index in [9.17, 15) is 14.5 Å². The monoisotopic (exact) mass is 398 g/mol. The van der Waals surface area contributed by atoms with Crippen molar-refractivity contribution in [3.63, 3.8) is 0 Å². The van der Waals surface area contributed by atoms with E-state index in [0.717, 1.165) is 0 Å². The van der Waals surface area contributed by atoms with Gasteiger partial charge in [0, 0.05) is 13.0 Å². The first-order chi connectivity index (χ1) is 13.0. The summed E-state index contributed by atoms with van der Waals surface area (Å²) in [5.74, 6) is 0.254. The minimum Gasteiger partial charge on any atom is -0.390 e. The van der Waals surface area contributed by atoms with Crippen molar-refractivity contribution in [2.45, 2.75) is 25.4 Å². The zero-order valence-electron chi connectivity index (χ0n) is 14.8. The van der Waals surface area contributed by atoms with E-state index < -0.39 is 26.6 Å². The van der Waals surface area contributed by atoms with Crippen LogP contribution < -0.4 is 16.1 Å². The van der Waals surface area contributed by atoms with Crippen molar-refractivity contribution >= 4 is 37.4 Å². The highest BCUT2D eigenvalue weighted by Crippen LogP contribution is 2.37. The fourth-order valence-corrected chi connectivity index (χ4v) is 3.54. The SMILES string of the molecule is CNc1nc(N)nc2c1ncn2[C@@H]1O[C@H](CO[P+](=O)NCC=O)[C@@H](O)[C@@H]1C. The van der Waals surface area contributed by atoms with E-state index in [1.54, 1.807) is 17.9 Å². The summed E-state index contributed by atoms with van der Waals surface area (Å²) in [7, 11) is -0.521. The summed E-state index contributed by atoms with van der Waals surface area (Å²) in [4.78, 5) is 22.9. The third kappa shape index (κ3) is 3.89. The maximum atomic E-state index is 11.6. The Morgan fingerprint density at radius 2 is 2.30 bits per heavy atom. The number of nitrogens with two attached hydrogens (primary N) is 1. The van der Waals surface area contributed by atoms with E-state index in [1.165, 1.54) is 0 Å². The lowest BCUT2D eigenvalue weighted by molar-refractivity contribution is -0.106. The van der Waals surface area contributed by atoms with Crippen molar-refractivity contribution < 1.29 is 23.7 Å². The maximum absolute atomic E-state index is 11.6. The highest BCUT2D eigenvalue weighted by molar-refractivity contribution is 7.36. The quantitative estimate of drug-likeness (QED) is 0.344. The third-order valence-electron chi connectivity index (χ3n) is 4.29. The summed E-state index contributed by atoms with van der Waals surface area (Å²) in [6.07, 6.45) is -0.0130. The van der Waals surface area contributed by atoms with E-state index in [4.69, 9.17) is 15.0 Å². The lowest BCUT2D eigenvalue weighted by atomic mass is 10.0. The van der Waals surface area contributed by atoms with E-state index >= 15 is 0 Å². The van der Waals surface area contributed by atoms with Crippen LogP contribution in [-0.4, -0.2) is 63.3 Å². The van der Waals surface area contributed by atoms with Crippen molar-refractivity contribution in [2.24, 2.45) is 5.92 Å². The smallest absolute Gasteiger partial charge is 0.390 e. The Kier molecular flexibility index (Phi) is 5.92. The normalized spacial score (nSPS) is 25.7. The van der Waals surface area contributed by atoms with Gasteiger partial charge in [0.2, 0.25) is 5.95 Å². The van der Waals surface area contributed by atoms with Crippen LogP contribution in [0.1, 0.15) is 13.2 Å². The number of aliphatic hydroxyl groups excluding tert-OH is 1. The Labute approximate surface area is 155 Å². The average Bonchev–Trinajstić information content (AvgIpc) is 3.19. The zero-order valence-corrected chi connectivity index (χ0v) is 15.7. The molecule has 1 fully saturated rings. The zero-order chi connectivity index (χ0) is 19.6. The lowest BCUT2D eigenvalue weighted by Gasteiger charge is -2.17. The summed E-state index contributed by atoms with van der Waals surface area (Å²) in [5.41, 5.74) is 6.75. The van der Waals surface area contributed by atoms with Gasteiger partial charge in [-0.1, -0.05) is 12.0 Å². The van der Waals surface area contributed by atoms with Crippen LogP contribution in [0, 0.1) is 5.92 Å². The minimum absolute atomic E-state index is 0.0814. The molecule has 1 saturated heterocycles. The standard InChI is InChI=1S/C14H21N7O5P/c1-7-10(23)8(5-25-27(24)18-3-4-22)26-13(7)21-6-17-9-11(16-2)19-14(15)20-12(9)21/h4,6-8,10,13,23H,3,5H2,1-2H3,(H,18,24)(H3,15,16,19,20)/q+1/t7-,8+,10-,13+/m0/s1. The molecule has 5 N–H and O–H groups in total. The number of ether oxygens (including phenoxy) is 1. The average molecular weight is 398 g/mol. The molecule has 27 heavy (non-hydrogen) atoms. The number of rotatable bonds is 8. The van der Waals surface area contributed by atoms with E-state index in [0.29, 0.717) is 23.3 Å². The molecule has 1 aliphatic heterocycles. The summed E-state index contributed by atoms with van der Waals surface area (Å²) < 4.78 is 24.3. The van der Waals surface area contributed by atoms with Gasteiger partial charge in [-0.05, 0) is 4.57 Å². The Balaban J connectivity index is 1.78. The molecule has 1 aliphatic rings. The predicted octanol–water partition coefficient (Wildman–Crippen LogP) is -0.193. The summed E-state index contributed by atoms with van der Waals surface area (Å²) in [6.45, 7) is 1.63. The largest absolute Gasteiger partial charge is 0.613 e. The van der Waals surface area contributed by atoms with Gasteiger partial charge in [-0.2, -0.15) is 9.97 Å². The summed E-state index contributed by atoms with van der Waals surface area (Å²) in [6, 6.07) is 0. The highest BCUT2D eigenvalue weighted by Gasteiger charge is 2.44. The number of nitrogens with zero attached hydrogens (tertiary/aromatic N) is 4. The van der Waals surface area contributed by atoms with Gasteiger partial charge >= 0.3 is 8.18 Å². The Bertz CT molecular complexity index is 847. The molecule has 5 atom stereocenters. The number of imidazole rings is 1. The van der Waals surface area contributed by atoms with Gasteiger partial charge < -0.3 is 25.7 Å². The highest BCUT2D eigenvalue weighted by atomic mass is 31.1. The van der Waals surface area contributed by atoms with Gasteiger partial charge in [0.15, 0.2) is 17.0 Å². The number of aliphatic hydroxyl groups is 1. The first kappa shape index (κ1) is 19.5. The Morgan fingerprint density at radius 3 is 3.00 bits per heavy atom. The molecular formula is C14H21N7O5P+. The second kappa shape index (κ2) is 8.19. The predicted molar refractivity (Wildman–Crippen MR) is 96.0 cm³/mol. The van der Waals surface area contributed by atoms with Crippen LogP contribution in [0.5, 0.6) is 0 Å². The molecule has 0 saturated carbocycles. The molecule has 0 aromatic carbocycles. The van der Waals surface area contributed by atoms with Gasteiger partial charge in [-0.15, -0.1) is 4.52 Å². The van der Waals surface area contributed by atoms with Crippen molar-refractivity contribution in [3.05, 3.63) is 6.33 Å². The topological polar surface area (TPSA) is 167 Å². The molecule has 146 valence electrons. The number of anilines is 2. The molecule has 0 radical (unpaired) electrons. The minimum atomic E-state index is -2.22. The van der Waals surface area contributed by atoms with Crippen LogP contribution in [0.25, 0.3) is 11.2 Å². The van der Waals surface area contributed by atoms with Crippen LogP contribution >= 0.6 is 8.18 Å². The molecule has 13 heteroatoms. The van der Waals surface area contributed by atoms with Crippen LogP contribution in [0.2, 0.25) is 0 Å². The van der Waals surface area contributed by atoms with Crippen molar-refractivity contribution in [1.29, 1.82) is 0 Å². The number of hydrogen-bond donors (Lipinski definition) is 4. The molecule has 2 aromatic rings. The number of carbonyl (C=O) groups is 1. The number of nitrogen functional groups attached to an aromatic ring is 1. The van der Waals surface area contributed by atoms with Crippen LogP contribution in [-0.2, 0) is 18.6 Å². The number of hydrogen-bond acceptors (Lipinski definition) is 10. The van der Waals surface area contributed by atoms with Crippen molar-refractivity contribution in [2.75, 3.05) is 31.2 Å². The molecule has 0 aliphatic carbocycles. The molecule has 2 aromatic heterocycles. The van der Waals surface area contributed by atoms with Gasteiger partial charge in [0.1, 0.15) is 25.2 Å². The van der Waals surface area contributed by atoms with E-state index in [-0.39, 0.29) is 25.0 Å². The number of aromatic nitrogens is 4. The van der Waals surface area contributed by atoms with E-state index in [1.807, 2.05) is 6.92 Å². The number of nitrogens with one attached hydrogen (secondary N) is 2. The fourth-order valence-electron chi connectivity index (χ4n) is 2.94. The van der Waals surface area contributed by atoms with Crippen LogP contribution in [0.15, 0.2) is 6.33 Å². The third-order valence-corrected chi connectivity index (χ3v) is 5.12. The van der Waals surface area contributed by atoms with Gasteiger partial charge in [0.25, 0.3) is 0 Å². The summed E-state index contributed by atoms with van der Waals surface area (Å²) in [5, 5.41) is 15.8. The van der Waals surface area contributed by atoms with Crippen molar-refractivity contribution in [1.82, 2.24) is 24.6 Å². The van der Waals surface area contributed by atoms with Gasteiger partial charge in [-0.3, -0.25) is 4.57 Å². The lowest BCUT2D eigenvalue weighted by Crippen LogP contribution is -2.29. The Morgan fingerprint density at radius 1 is 1.52 bits per heavy atom. The first-order valence-corrected chi connectivity index (χ1v) is 9.42. The molecule has 3 rings (SSSR count). The van der Waals surface area contributed by atoms with Crippen molar-refractivity contribution in [3.8, 4) is 0 Å². The molecule has 0 amide bonds. The molecule has 3 heterocycles. The number of carbonyl (C=O) groups excluding carboxylic acids is 1. The fraction of sp³-hybridized carbons (Fsp3) is 0.571. The molecule has 1 unspecified atom stereocenters.